The summed E-state index contributed by atoms with van der Waals surface area (Å²) >= 11 is 11.8. The Kier molecular flexibility index (Phi) is 7.12. The Morgan fingerprint density at radius 1 is 1.27 bits per heavy atom. The third kappa shape index (κ3) is 5.54. The molecule has 1 atom stereocenters. The minimum atomic E-state index is -0.815. The van der Waals surface area contributed by atoms with Gasteiger partial charge in [0.1, 0.15) is 5.75 Å². The molecule has 6 nitrogen and oxygen atoms in total. The van der Waals surface area contributed by atoms with Crippen molar-refractivity contribution in [3.8, 4) is 17.2 Å². The highest BCUT2D eigenvalue weighted by Crippen LogP contribution is 2.28. The molecule has 2 N–H and O–H groups in total. The summed E-state index contributed by atoms with van der Waals surface area (Å²) in [5, 5.41) is 14.3. The number of hydrogen-bond donors (Lipinski definition) is 2. The molecule has 0 aliphatic rings. The molecule has 0 aromatic heterocycles. The lowest BCUT2D eigenvalue weighted by Gasteiger charge is -2.14. The quantitative estimate of drug-likeness (QED) is 0.547. The van der Waals surface area contributed by atoms with Crippen LogP contribution in [-0.2, 0) is 4.79 Å². The maximum Gasteiger partial charge on any atom is 0.280 e. The number of amides is 1. The number of aromatic hydroxyl groups is 1. The summed E-state index contributed by atoms with van der Waals surface area (Å²) in [7, 11) is 0. The summed E-state index contributed by atoms with van der Waals surface area (Å²) in [6.45, 7) is 3.81. The van der Waals surface area contributed by atoms with Crippen molar-refractivity contribution in [2.75, 3.05) is 6.61 Å². The molecule has 0 unspecified atom stereocenters. The predicted molar refractivity (Wildman–Crippen MR) is 102 cm³/mol. The van der Waals surface area contributed by atoms with Gasteiger partial charge >= 0.3 is 0 Å². The molecule has 0 spiro atoms. The molecule has 0 aliphatic heterocycles. The second kappa shape index (κ2) is 9.31. The Morgan fingerprint density at radius 3 is 2.73 bits per heavy atom. The number of benzene rings is 2. The van der Waals surface area contributed by atoms with Crippen molar-refractivity contribution in [1.82, 2.24) is 5.43 Å². The fraction of sp³-hybridized carbons (Fsp3) is 0.222. The predicted octanol–water partition coefficient (Wildman–Crippen LogP) is 4.02. The minimum absolute atomic E-state index is 0.0369. The number of nitrogens with zero attached hydrogens (tertiary/aromatic N) is 1. The summed E-state index contributed by atoms with van der Waals surface area (Å²) in [6.07, 6.45) is 0.617. The largest absolute Gasteiger partial charge is 0.504 e. The molecule has 1 amide bonds. The number of phenolic OH excluding ortho intramolecular Hbond substituents is 1. The van der Waals surface area contributed by atoms with Gasteiger partial charge in [0.25, 0.3) is 5.91 Å². The van der Waals surface area contributed by atoms with E-state index in [9.17, 15) is 9.90 Å². The number of carbonyl (C=O) groups is 1. The van der Waals surface area contributed by atoms with Gasteiger partial charge in [-0.1, -0.05) is 23.2 Å². The lowest BCUT2D eigenvalue weighted by Crippen LogP contribution is -2.33. The molecule has 0 saturated heterocycles. The van der Waals surface area contributed by atoms with Crippen molar-refractivity contribution in [2.24, 2.45) is 5.10 Å². The number of carbonyl (C=O) groups excluding carboxylic acids is 1. The number of phenols is 1. The molecule has 2 aromatic carbocycles. The molecule has 26 heavy (non-hydrogen) atoms. The Bertz CT molecular complexity index is 812. The minimum Gasteiger partial charge on any atom is -0.504 e. The Labute approximate surface area is 161 Å². The fourth-order valence-corrected chi connectivity index (χ4v) is 2.41. The smallest absolute Gasteiger partial charge is 0.280 e. The number of hydrazone groups is 1. The van der Waals surface area contributed by atoms with Gasteiger partial charge in [-0.3, -0.25) is 4.79 Å². The number of nitrogens with one attached hydrogen (secondary N) is 1. The zero-order valence-electron chi connectivity index (χ0n) is 14.2. The first-order valence-electron chi connectivity index (χ1n) is 7.81. The summed E-state index contributed by atoms with van der Waals surface area (Å²) in [6, 6.07) is 9.48. The van der Waals surface area contributed by atoms with Gasteiger partial charge in [0.05, 0.1) is 17.8 Å². The van der Waals surface area contributed by atoms with E-state index in [-0.39, 0.29) is 5.75 Å². The molecule has 8 heteroatoms. The zero-order chi connectivity index (χ0) is 19.1. The average molecular weight is 397 g/mol. The van der Waals surface area contributed by atoms with Crippen LogP contribution in [0.15, 0.2) is 41.5 Å². The van der Waals surface area contributed by atoms with E-state index in [0.29, 0.717) is 33.7 Å². The van der Waals surface area contributed by atoms with Crippen LogP contribution in [0.25, 0.3) is 0 Å². The van der Waals surface area contributed by atoms with Crippen LogP contribution in [0.3, 0.4) is 0 Å². The Balaban J connectivity index is 1.94. The van der Waals surface area contributed by atoms with E-state index >= 15 is 0 Å². The molecule has 2 rings (SSSR count). The average Bonchev–Trinajstić information content (AvgIpc) is 2.60. The van der Waals surface area contributed by atoms with Gasteiger partial charge in [-0.2, -0.15) is 5.10 Å². The van der Waals surface area contributed by atoms with Crippen molar-refractivity contribution in [2.45, 2.75) is 20.0 Å². The molecule has 0 fully saturated rings. The lowest BCUT2D eigenvalue weighted by atomic mass is 10.2. The SMILES string of the molecule is CCOc1cc(/C=N\NC(=O)[C@@H](C)Oc2ccc(Cl)cc2Cl)ccc1O. The molecule has 0 radical (unpaired) electrons. The van der Waals surface area contributed by atoms with Gasteiger partial charge in [-0.05, 0) is 55.8 Å². The van der Waals surface area contributed by atoms with Crippen molar-refractivity contribution < 1.29 is 19.4 Å². The highest BCUT2D eigenvalue weighted by atomic mass is 35.5. The number of ether oxygens (including phenoxy) is 2. The molecule has 0 saturated carbocycles. The molecule has 0 aliphatic carbocycles. The second-order valence-electron chi connectivity index (χ2n) is 5.23. The third-order valence-electron chi connectivity index (χ3n) is 3.24. The van der Waals surface area contributed by atoms with Gasteiger partial charge in [0.15, 0.2) is 17.6 Å². The van der Waals surface area contributed by atoms with E-state index in [2.05, 4.69) is 10.5 Å². The third-order valence-corrected chi connectivity index (χ3v) is 3.77. The van der Waals surface area contributed by atoms with Crippen molar-refractivity contribution in [3.05, 3.63) is 52.0 Å². The van der Waals surface area contributed by atoms with E-state index < -0.39 is 12.0 Å². The molecule has 0 heterocycles. The number of hydrogen-bond acceptors (Lipinski definition) is 5. The topological polar surface area (TPSA) is 80.2 Å². The van der Waals surface area contributed by atoms with E-state index in [4.69, 9.17) is 32.7 Å². The van der Waals surface area contributed by atoms with E-state index in [1.54, 1.807) is 31.2 Å². The van der Waals surface area contributed by atoms with Gasteiger partial charge in [-0.15, -0.1) is 0 Å². The second-order valence-corrected chi connectivity index (χ2v) is 6.07. The first-order valence-corrected chi connectivity index (χ1v) is 8.56. The van der Waals surface area contributed by atoms with E-state index in [1.807, 2.05) is 6.92 Å². The normalized spacial score (nSPS) is 12.0. The highest BCUT2D eigenvalue weighted by molar-refractivity contribution is 6.35. The van der Waals surface area contributed by atoms with Gasteiger partial charge in [0, 0.05) is 5.02 Å². The van der Waals surface area contributed by atoms with E-state index in [0.717, 1.165) is 0 Å². The molecule has 0 bridgehead atoms. The molecule has 2 aromatic rings. The standard InChI is InChI=1S/C18H18Cl2N2O4/c1-3-25-17-8-12(4-6-15(17)23)10-21-22-18(24)11(2)26-16-7-5-13(19)9-14(16)20/h4-11,23H,3H2,1-2H3,(H,22,24)/b21-10-/t11-/m1/s1. The zero-order valence-corrected chi connectivity index (χ0v) is 15.7. The van der Waals surface area contributed by atoms with Crippen LogP contribution < -0.4 is 14.9 Å². The fourth-order valence-electron chi connectivity index (χ4n) is 1.96. The van der Waals surface area contributed by atoms with Gasteiger partial charge < -0.3 is 14.6 Å². The summed E-state index contributed by atoms with van der Waals surface area (Å²) in [4.78, 5) is 12.1. The molecular weight excluding hydrogens is 379 g/mol. The van der Waals surface area contributed by atoms with Crippen molar-refractivity contribution >= 4 is 35.3 Å². The van der Waals surface area contributed by atoms with Crippen LogP contribution in [0.5, 0.6) is 17.2 Å². The summed E-state index contributed by atoms with van der Waals surface area (Å²) < 4.78 is 10.8. The van der Waals surface area contributed by atoms with Crippen LogP contribution >= 0.6 is 23.2 Å². The summed E-state index contributed by atoms with van der Waals surface area (Å²) in [5.74, 6) is 0.283. The van der Waals surface area contributed by atoms with Crippen LogP contribution in [0.4, 0.5) is 0 Å². The van der Waals surface area contributed by atoms with Crippen molar-refractivity contribution in [3.63, 3.8) is 0 Å². The first-order chi connectivity index (χ1) is 12.4. The first kappa shape index (κ1) is 19.9. The van der Waals surface area contributed by atoms with Crippen LogP contribution in [0.2, 0.25) is 10.0 Å². The van der Waals surface area contributed by atoms with E-state index in [1.165, 1.54) is 18.3 Å². The lowest BCUT2D eigenvalue weighted by molar-refractivity contribution is -0.127. The number of rotatable bonds is 7. The summed E-state index contributed by atoms with van der Waals surface area (Å²) in [5.41, 5.74) is 3.03. The maximum absolute atomic E-state index is 12.1. The maximum atomic E-state index is 12.1. The Hall–Kier alpha value is -2.44. The molecule has 138 valence electrons. The number of halogens is 2. The van der Waals surface area contributed by atoms with Crippen LogP contribution in [0, 0.1) is 0 Å². The van der Waals surface area contributed by atoms with Crippen molar-refractivity contribution in [1.29, 1.82) is 0 Å². The van der Waals surface area contributed by atoms with Gasteiger partial charge in [0.2, 0.25) is 0 Å². The highest BCUT2D eigenvalue weighted by Gasteiger charge is 2.15. The van der Waals surface area contributed by atoms with Gasteiger partial charge in [-0.25, -0.2) is 5.43 Å². The Morgan fingerprint density at radius 2 is 2.04 bits per heavy atom. The van der Waals surface area contributed by atoms with Crippen LogP contribution in [-0.4, -0.2) is 29.9 Å². The molecular formula is C18H18Cl2N2O4. The van der Waals surface area contributed by atoms with Crippen LogP contribution in [0.1, 0.15) is 19.4 Å². The monoisotopic (exact) mass is 396 g/mol.